The van der Waals surface area contributed by atoms with Crippen molar-refractivity contribution >= 4 is 23.6 Å². The van der Waals surface area contributed by atoms with E-state index in [1.165, 1.54) is 4.90 Å². The Morgan fingerprint density at radius 2 is 2.10 bits per heavy atom. The van der Waals surface area contributed by atoms with Crippen molar-refractivity contribution < 1.29 is 14.7 Å². The Kier molecular flexibility index (Phi) is 5.64. The number of aliphatic carboxylic acids is 1. The maximum atomic E-state index is 12.2. The van der Waals surface area contributed by atoms with Gasteiger partial charge in [-0.15, -0.1) is 0 Å². The molecule has 0 bridgehead atoms. The first kappa shape index (κ1) is 15.9. The number of hydrogen-bond acceptors (Lipinski definition) is 4. The van der Waals surface area contributed by atoms with E-state index in [9.17, 15) is 14.7 Å². The van der Waals surface area contributed by atoms with Gasteiger partial charge >= 0.3 is 5.97 Å². The number of benzene rings is 1. The van der Waals surface area contributed by atoms with Crippen molar-refractivity contribution in [1.29, 1.82) is 0 Å². The van der Waals surface area contributed by atoms with Gasteiger partial charge in [0.15, 0.2) is 0 Å². The fourth-order valence-electron chi connectivity index (χ4n) is 2.40. The Morgan fingerprint density at radius 1 is 1.38 bits per heavy atom. The van der Waals surface area contributed by atoms with E-state index in [1.807, 2.05) is 30.3 Å². The highest BCUT2D eigenvalue weighted by atomic mass is 32.2. The summed E-state index contributed by atoms with van der Waals surface area (Å²) in [4.78, 5) is 24.9. The highest BCUT2D eigenvalue weighted by Crippen LogP contribution is 2.20. The van der Waals surface area contributed by atoms with Crippen molar-refractivity contribution in [2.24, 2.45) is 5.73 Å². The van der Waals surface area contributed by atoms with Gasteiger partial charge in [-0.2, -0.15) is 11.8 Å². The van der Waals surface area contributed by atoms with E-state index in [-0.39, 0.29) is 18.4 Å². The first-order chi connectivity index (χ1) is 10.1. The van der Waals surface area contributed by atoms with Gasteiger partial charge in [0.2, 0.25) is 5.91 Å². The molecule has 0 radical (unpaired) electrons. The molecule has 0 spiro atoms. The molecule has 1 heterocycles. The highest BCUT2D eigenvalue weighted by molar-refractivity contribution is 7.99. The average molecular weight is 308 g/mol. The molecule has 1 aliphatic rings. The van der Waals surface area contributed by atoms with Crippen LogP contribution in [0.3, 0.4) is 0 Å². The Bertz CT molecular complexity index is 495. The smallest absolute Gasteiger partial charge is 0.327 e. The molecule has 2 rings (SSSR count). The summed E-state index contributed by atoms with van der Waals surface area (Å²) in [5.41, 5.74) is 7.07. The van der Waals surface area contributed by atoms with Gasteiger partial charge in [0.25, 0.3) is 0 Å². The minimum atomic E-state index is -0.928. The maximum absolute atomic E-state index is 12.2. The molecule has 1 aromatic carbocycles. The fraction of sp³-hybridized carbons (Fsp3) is 0.467. The third-order valence-electron chi connectivity index (χ3n) is 3.63. The van der Waals surface area contributed by atoms with E-state index in [0.29, 0.717) is 18.7 Å². The minimum Gasteiger partial charge on any atom is -0.480 e. The molecule has 2 atom stereocenters. The summed E-state index contributed by atoms with van der Waals surface area (Å²) in [6.45, 7) is 0.501. The lowest BCUT2D eigenvalue weighted by atomic mass is 10.0. The summed E-state index contributed by atoms with van der Waals surface area (Å²) in [6.07, 6.45) is 0.809. The molecule has 1 amide bonds. The van der Waals surface area contributed by atoms with E-state index in [0.717, 1.165) is 11.3 Å². The summed E-state index contributed by atoms with van der Waals surface area (Å²) in [5, 5.41) is 9.18. The summed E-state index contributed by atoms with van der Waals surface area (Å²) < 4.78 is 0. The molecule has 114 valence electrons. The zero-order valence-electron chi connectivity index (χ0n) is 11.8. The van der Waals surface area contributed by atoms with Crippen LogP contribution in [0.15, 0.2) is 30.3 Å². The quantitative estimate of drug-likeness (QED) is 0.861. The second kappa shape index (κ2) is 7.47. The Labute approximate surface area is 128 Å². The largest absolute Gasteiger partial charge is 0.480 e. The predicted molar refractivity (Wildman–Crippen MR) is 83.1 cm³/mol. The number of carbonyl (C=O) groups is 2. The number of nitrogens with two attached hydrogens (primary N) is 1. The van der Waals surface area contributed by atoms with Crippen molar-refractivity contribution in [3.8, 4) is 0 Å². The molecule has 1 fully saturated rings. The number of carboxylic acid groups (broad SMARTS) is 1. The van der Waals surface area contributed by atoms with Gasteiger partial charge < -0.3 is 15.7 Å². The zero-order valence-corrected chi connectivity index (χ0v) is 12.6. The Balaban J connectivity index is 1.90. The lowest BCUT2D eigenvalue weighted by molar-refractivity contribution is -0.149. The van der Waals surface area contributed by atoms with Gasteiger partial charge in [-0.25, -0.2) is 4.79 Å². The minimum absolute atomic E-state index is 0.117. The molecule has 21 heavy (non-hydrogen) atoms. The monoisotopic (exact) mass is 308 g/mol. The summed E-state index contributed by atoms with van der Waals surface area (Å²) in [7, 11) is 0. The summed E-state index contributed by atoms with van der Waals surface area (Å²) in [5.74, 6) is 0.212. The SMILES string of the molecule is NC(CCC(=O)N1CCSCC1C(=O)O)c1ccccc1. The van der Waals surface area contributed by atoms with E-state index < -0.39 is 12.0 Å². The molecule has 2 unspecified atom stereocenters. The van der Waals surface area contributed by atoms with Gasteiger partial charge in [0.05, 0.1) is 0 Å². The van der Waals surface area contributed by atoms with Crippen LogP contribution in [0.4, 0.5) is 0 Å². The van der Waals surface area contributed by atoms with E-state index in [1.54, 1.807) is 11.8 Å². The lowest BCUT2D eigenvalue weighted by Gasteiger charge is -2.32. The van der Waals surface area contributed by atoms with Crippen LogP contribution in [0, 0.1) is 0 Å². The predicted octanol–water partition coefficient (Wildman–Crippen LogP) is 1.50. The molecule has 0 saturated carbocycles. The summed E-state index contributed by atoms with van der Waals surface area (Å²) in [6, 6.07) is 8.73. The van der Waals surface area contributed by atoms with Gasteiger partial charge in [-0.1, -0.05) is 30.3 Å². The number of thioether (sulfide) groups is 1. The average Bonchev–Trinajstić information content (AvgIpc) is 2.53. The van der Waals surface area contributed by atoms with Crippen molar-refractivity contribution in [2.45, 2.75) is 24.9 Å². The number of carbonyl (C=O) groups excluding carboxylic acids is 1. The van der Waals surface area contributed by atoms with Crippen LogP contribution < -0.4 is 5.73 Å². The van der Waals surface area contributed by atoms with Crippen molar-refractivity contribution in [3.05, 3.63) is 35.9 Å². The number of amides is 1. The first-order valence-corrected chi connectivity index (χ1v) is 8.15. The third kappa shape index (κ3) is 4.22. The van der Waals surface area contributed by atoms with Crippen LogP contribution in [0.2, 0.25) is 0 Å². The second-order valence-electron chi connectivity index (χ2n) is 5.07. The number of hydrogen-bond donors (Lipinski definition) is 2. The van der Waals surface area contributed by atoms with Crippen LogP contribution in [0.25, 0.3) is 0 Å². The van der Waals surface area contributed by atoms with E-state index in [4.69, 9.17) is 5.73 Å². The first-order valence-electron chi connectivity index (χ1n) is 7.00. The van der Waals surface area contributed by atoms with Crippen LogP contribution in [0.1, 0.15) is 24.4 Å². The number of carboxylic acids is 1. The molecular weight excluding hydrogens is 288 g/mol. The maximum Gasteiger partial charge on any atom is 0.327 e. The van der Waals surface area contributed by atoms with Crippen LogP contribution >= 0.6 is 11.8 Å². The molecular formula is C15H20N2O3S. The Morgan fingerprint density at radius 3 is 2.76 bits per heavy atom. The summed E-state index contributed by atoms with van der Waals surface area (Å²) >= 11 is 1.57. The Hall–Kier alpha value is -1.53. The molecule has 3 N–H and O–H groups in total. The molecule has 1 saturated heterocycles. The van der Waals surface area contributed by atoms with Crippen molar-refractivity contribution in [2.75, 3.05) is 18.1 Å². The van der Waals surface area contributed by atoms with E-state index >= 15 is 0 Å². The molecule has 0 aliphatic carbocycles. The van der Waals surface area contributed by atoms with Gasteiger partial charge in [-0.3, -0.25) is 4.79 Å². The molecule has 1 aliphatic heterocycles. The van der Waals surface area contributed by atoms with Crippen molar-refractivity contribution in [1.82, 2.24) is 4.90 Å². The molecule has 6 heteroatoms. The standard InChI is InChI=1S/C15H20N2O3S/c16-12(11-4-2-1-3-5-11)6-7-14(18)17-8-9-21-10-13(17)15(19)20/h1-5,12-13H,6-10,16H2,(H,19,20). The van der Waals surface area contributed by atoms with Gasteiger partial charge in [0, 0.05) is 30.5 Å². The topological polar surface area (TPSA) is 83.6 Å². The van der Waals surface area contributed by atoms with Gasteiger partial charge in [0.1, 0.15) is 6.04 Å². The normalized spacial score (nSPS) is 20.0. The van der Waals surface area contributed by atoms with Crippen LogP contribution in [0.5, 0.6) is 0 Å². The zero-order chi connectivity index (χ0) is 15.2. The number of nitrogens with zero attached hydrogens (tertiary/aromatic N) is 1. The molecule has 0 aromatic heterocycles. The van der Waals surface area contributed by atoms with E-state index in [2.05, 4.69) is 0 Å². The molecule has 1 aromatic rings. The fourth-order valence-corrected chi connectivity index (χ4v) is 3.43. The number of rotatable bonds is 5. The third-order valence-corrected chi connectivity index (χ3v) is 4.65. The highest BCUT2D eigenvalue weighted by Gasteiger charge is 2.32. The molecule has 5 nitrogen and oxygen atoms in total. The van der Waals surface area contributed by atoms with Crippen molar-refractivity contribution in [3.63, 3.8) is 0 Å². The lowest BCUT2D eigenvalue weighted by Crippen LogP contribution is -2.50. The van der Waals surface area contributed by atoms with Crippen LogP contribution in [-0.2, 0) is 9.59 Å². The second-order valence-corrected chi connectivity index (χ2v) is 6.22. The van der Waals surface area contributed by atoms with Crippen LogP contribution in [-0.4, -0.2) is 46.0 Å². The van der Waals surface area contributed by atoms with Gasteiger partial charge in [-0.05, 0) is 12.0 Å².